The molecule has 1 aromatic carbocycles. The molecule has 0 unspecified atom stereocenters. The summed E-state index contributed by atoms with van der Waals surface area (Å²) < 4.78 is 1.63. The van der Waals surface area contributed by atoms with E-state index in [1.54, 1.807) is 23.0 Å². The summed E-state index contributed by atoms with van der Waals surface area (Å²) in [5.74, 6) is 0. The maximum atomic E-state index is 11.9. The molecule has 4 heteroatoms. The number of nitrogens with one attached hydrogen (secondary N) is 1. The van der Waals surface area contributed by atoms with Gasteiger partial charge in [-0.1, -0.05) is 17.7 Å². The Morgan fingerprint density at radius 2 is 1.94 bits per heavy atom. The zero-order chi connectivity index (χ0) is 11.8. The average molecular weight is 225 g/mol. The quantitative estimate of drug-likeness (QED) is 0.688. The van der Waals surface area contributed by atoms with Gasteiger partial charge >= 0.3 is 5.69 Å². The minimum Gasteiger partial charge on any atom is -0.305 e. The minimum atomic E-state index is -0.142. The molecule has 0 bridgehead atoms. The van der Waals surface area contributed by atoms with Crippen molar-refractivity contribution in [1.29, 1.82) is 0 Å². The Morgan fingerprint density at radius 3 is 2.71 bits per heavy atom. The summed E-state index contributed by atoms with van der Waals surface area (Å²) in [7, 11) is 0. The summed E-state index contributed by atoms with van der Waals surface area (Å²) in [5, 5.41) is 0. The van der Waals surface area contributed by atoms with E-state index in [4.69, 9.17) is 0 Å². The van der Waals surface area contributed by atoms with E-state index in [0.717, 1.165) is 16.7 Å². The van der Waals surface area contributed by atoms with Crippen LogP contribution in [-0.2, 0) is 0 Å². The molecule has 0 atom stereocenters. The van der Waals surface area contributed by atoms with Crippen LogP contribution in [0.5, 0.6) is 0 Å². The Bertz CT molecular complexity index is 722. The van der Waals surface area contributed by atoms with Gasteiger partial charge in [-0.3, -0.25) is 9.55 Å². The van der Waals surface area contributed by atoms with Crippen LogP contribution in [0, 0.1) is 6.92 Å². The highest BCUT2D eigenvalue weighted by atomic mass is 16.1. The standard InChI is InChI=1S/C13H11N3O/c1-9-2-4-10(5-3-9)16-12-8-14-7-6-11(12)15-13(16)17/h2-8H,1H3,(H,15,17). The SMILES string of the molecule is Cc1ccc(-n2c(=O)[nH]c3ccncc32)cc1. The van der Waals surface area contributed by atoms with Gasteiger partial charge in [0, 0.05) is 6.20 Å². The van der Waals surface area contributed by atoms with E-state index in [2.05, 4.69) is 9.97 Å². The monoisotopic (exact) mass is 225 g/mol. The third-order valence-corrected chi connectivity index (χ3v) is 2.78. The number of rotatable bonds is 1. The molecule has 0 aliphatic rings. The second kappa shape index (κ2) is 3.59. The Morgan fingerprint density at radius 1 is 1.18 bits per heavy atom. The molecule has 0 aliphatic carbocycles. The Balaban J connectivity index is 2.33. The average Bonchev–Trinajstić information content (AvgIpc) is 2.66. The lowest BCUT2D eigenvalue weighted by Crippen LogP contribution is -2.14. The third-order valence-electron chi connectivity index (χ3n) is 2.78. The van der Waals surface area contributed by atoms with Crippen LogP contribution in [0.4, 0.5) is 0 Å². The number of pyridine rings is 1. The van der Waals surface area contributed by atoms with E-state index in [-0.39, 0.29) is 5.69 Å². The smallest absolute Gasteiger partial charge is 0.305 e. The van der Waals surface area contributed by atoms with Crippen LogP contribution in [0.15, 0.2) is 47.5 Å². The van der Waals surface area contributed by atoms with Crippen molar-refractivity contribution < 1.29 is 0 Å². The highest BCUT2D eigenvalue weighted by molar-refractivity contribution is 5.75. The van der Waals surface area contributed by atoms with Crippen LogP contribution in [0.2, 0.25) is 0 Å². The van der Waals surface area contributed by atoms with Crippen molar-refractivity contribution in [2.24, 2.45) is 0 Å². The van der Waals surface area contributed by atoms with Gasteiger partial charge in [0.2, 0.25) is 0 Å². The fourth-order valence-corrected chi connectivity index (χ4v) is 1.90. The number of H-pyrrole nitrogens is 1. The molecule has 84 valence electrons. The van der Waals surface area contributed by atoms with Gasteiger partial charge in [0.1, 0.15) is 0 Å². The third kappa shape index (κ3) is 1.54. The van der Waals surface area contributed by atoms with Gasteiger partial charge in [-0.05, 0) is 25.1 Å². The first-order chi connectivity index (χ1) is 8.25. The molecule has 0 spiro atoms. The molecular formula is C13H11N3O. The summed E-state index contributed by atoms with van der Waals surface area (Å²) in [6.45, 7) is 2.02. The minimum absolute atomic E-state index is 0.142. The summed E-state index contributed by atoms with van der Waals surface area (Å²) >= 11 is 0. The van der Waals surface area contributed by atoms with Crippen molar-refractivity contribution >= 4 is 11.0 Å². The van der Waals surface area contributed by atoms with E-state index in [1.165, 1.54) is 5.56 Å². The van der Waals surface area contributed by atoms with Crippen molar-refractivity contribution in [3.05, 3.63) is 58.8 Å². The van der Waals surface area contributed by atoms with Crippen LogP contribution >= 0.6 is 0 Å². The molecule has 3 rings (SSSR count). The molecule has 1 N–H and O–H groups in total. The highest BCUT2D eigenvalue weighted by Crippen LogP contribution is 2.14. The normalized spacial score (nSPS) is 10.9. The second-order valence-corrected chi connectivity index (χ2v) is 3.99. The first-order valence-corrected chi connectivity index (χ1v) is 5.37. The predicted octanol–water partition coefficient (Wildman–Crippen LogP) is 2.02. The van der Waals surface area contributed by atoms with Crippen molar-refractivity contribution in [3.63, 3.8) is 0 Å². The van der Waals surface area contributed by atoms with Crippen LogP contribution in [-0.4, -0.2) is 14.5 Å². The molecule has 0 amide bonds. The molecule has 17 heavy (non-hydrogen) atoms. The number of hydrogen-bond acceptors (Lipinski definition) is 2. The van der Waals surface area contributed by atoms with E-state index in [1.807, 2.05) is 31.2 Å². The largest absolute Gasteiger partial charge is 0.331 e. The number of aromatic nitrogens is 3. The van der Waals surface area contributed by atoms with Gasteiger partial charge in [0.15, 0.2) is 0 Å². The molecule has 0 radical (unpaired) electrons. The van der Waals surface area contributed by atoms with Gasteiger partial charge in [-0.25, -0.2) is 4.79 Å². The molecule has 3 aromatic rings. The van der Waals surface area contributed by atoms with Crippen molar-refractivity contribution in [1.82, 2.24) is 14.5 Å². The number of imidazole rings is 1. The zero-order valence-electron chi connectivity index (χ0n) is 9.34. The van der Waals surface area contributed by atoms with E-state index >= 15 is 0 Å². The van der Waals surface area contributed by atoms with Gasteiger partial charge in [0.25, 0.3) is 0 Å². The number of hydrogen-bond donors (Lipinski definition) is 1. The van der Waals surface area contributed by atoms with Crippen LogP contribution in [0.25, 0.3) is 16.7 Å². The van der Waals surface area contributed by atoms with Crippen LogP contribution in [0.3, 0.4) is 0 Å². The number of aryl methyl sites for hydroxylation is 1. The van der Waals surface area contributed by atoms with Crippen molar-refractivity contribution in [2.45, 2.75) is 6.92 Å². The van der Waals surface area contributed by atoms with Crippen molar-refractivity contribution in [2.75, 3.05) is 0 Å². The molecule has 2 heterocycles. The maximum absolute atomic E-state index is 11.9. The van der Waals surface area contributed by atoms with Crippen LogP contribution in [0.1, 0.15) is 5.56 Å². The Labute approximate surface area is 97.6 Å². The lowest BCUT2D eigenvalue weighted by molar-refractivity contribution is 1.01. The first kappa shape index (κ1) is 9.84. The molecule has 0 aliphatic heterocycles. The number of benzene rings is 1. The fourth-order valence-electron chi connectivity index (χ4n) is 1.90. The van der Waals surface area contributed by atoms with Crippen molar-refractivity contribution in [3.8, 4) is 5.69 Å². The summed E-state index contributed by atoms with van der Waals surface area (Å²) in [5.41, 5.74) is 3.46. The summed E-state index contributed by atoms with van der Waals surface area (Å²) in [4.78, 5) is 18.8. The highest BCUT2D eigenvalue weighted by Gasteiger charge is 2.07. The molecule has 2 aromatic heterocycles. The summed E-state index contributed by atoms with van der Waals surface area (Å²) in [6.07, 6.45) is 3.35. The maximum Gasteiger partial charge on any atom is 0.331 e. The number of nitrogens with zero attached hydrogens (tertiary/aromatic N) is 2. The van der Waals surface area contributed by atoms with Gasteiger partial charge in [-0.2, -0.15) is 0 Å². The summed E-state index contributed by atoms with van der Waals surface area (Å²) in [6, 6.07) is 9.61. The lowest BCUT2D eigenvalue weighted by atomic mass is 10.2. The molecular weight excluding hydrogens is 214 g/mol. The van der Waals surface area contributed by atoms with E-state index in [9.17, 15) is 4.79 Å². The predicted molar refractivity (Wildman–Crippen MR) is 66.4 cm³/mol. The second-order valence-electron chi connectivity index (χ2n) is 3.99. The number of aromatic amines is 1. The van der Waals surface area contributed by atoms with Gasteiger partial charge in [0.05, 0.1) is 22.9 Å². The zero-order valence-corrected chi connectivity index (χ0v) is 9.34. The molecule has 4 nitrogen and oxygen atoms in total. The van der Waals surface area contributed by atoms with E-state index < -0.39 is 0 Å². The Kier molecular flexibility index (Phi) is 2.08. The Hall–Kier alpha value is -2.36. The molecule has 0 saturated heterocycles. The fraction of sp³-hybridized carbons (Fsp3) is 0.0769. The van der Waals surface area contributed by atoms with Gasteiger partial charge < -0.3 is 4.98 Å². The van der Waals surface area contributed by atoms with Gasteiger partial charge in [-0.15, -0.1) is 0 Å². The van der Waals surface area contributed by atoms with Crippen LogP contribution < -0.4 is 5.69 Å². The lowest BCUT2D eigenvalue weighted by Gasteiger charge is -2.02. The molecule has 0 saturated carbocycles. The topological polar surface area (TPSA) is 50.7 Å². The number of fused-ring (bicyclic) bond motifs is 1. The van der Waals surface area contributed by atoms with E-state index in [0.29, 0.717) is 0 Å². The first-order valence-electron chi connectivity index (χ1n) is 5.37. The molecule has 0 fully saturated rings.